The number of carbonyl (C=O) groups is 1. The molecule has 4 heteroatoms. The summed E-state index contributed by atoms with van der Waals surface area (Å²) in [7, 11) is 1.87. The molecule has 1 unspecified atom stereocenters. The van der Waals surface area contributed by atoms with Gasteiger partial charge in [0.05, 0.1) is 12.6 Å². The van der Waals surface area contributed by atoms with Gasteiger partial charge in [-0.1, -0.05) is 32.0 Å². The normalized spacial score (nSPS) is 16.3. The topological polar surface area (TPSA) is 52.6 Å². The van der Waals surface area contributed by atoms with Crippen LogP contribution in [0.2, 0.25) is 0 Å². The van der Waals surface area contributed by atoms with Gasteiger partial charge >= 0.3 is 0 Å². The van der Waals surface area contributed by atoms with Gasteiger partial charge in [-0.2, -0.15) is 0 Å². The molecular weight excluding hydrogens is 264 g/mol. The highest BCUT2D eigenvalue weighted by atomic mass is 16.3. The molecular formula is C17H26N2O2. The minimum absolute atomic E-state index is 0.0337. The molecule has 1 aliphatic carbocycles. The van der Waals surface area contributed by atoms with E-state index in [1.54, 1.807) is 0 Å². The maximum atomic E-state index is 12.1. The van der Waals surface area contributed by atoms with E-state index in [9.17, 15) is 9.90 Å². The summed E-state index contributed by atoms with van der Waals surface area (Å²) in [4.78, 5) is 14.0. The number of para-hydroxylation sites is 1. The zero-order valence-corrected chi connectivity index (χ0v) is 13.2. The molecule has 2 rings (SSSR count). The predicted octanol–water partition coefficient (Wildman–Crippen LogP) is 2.45. The minimum atomic E-state index is -0.300. The molecule has 0 aliphatic heterocycles. The largest absolute Gasteiger partial charge is 0.392 e. The van der Waals surface area contributed by atoms with Crippen molar-refractivity contribution in [3.05, 3.63) is 29.8 Å². The average molecular weight is 290 g/mol. The van der Waals surface area contributed by atoms with Gasteiger partial charge in [0, 0.05) is 12.2 Å². The number of anilines is 1. The molecule has 1 atom stereocenters. The van der Waals surface area contributed by atoms with E-state index in [4.69, 9.17) is 0 Å². The van der Waals surface area contributed by atoms with Crippen LogP contribution in [-0.2, 0) is 4.79 Å². The standard InChI is InChI=1S/C17H26N2O2/c1-12(2)14-6-4-5-7-15(14)18-17(21)11-19(3)10-16(20)13-8-9-13/h4-7,12-13,16,20H,8-11H2,1-3H3,(H,18,21). The monoisotopic (exact) mass is 290 g/mol. The summed E-state index contributed by atoms with van der Waals surface area (Å²) in [5.41, 5.74) is 2.03. The van der Waals surface area contributed by atoms with Gasteiger partial charge in [0.1, 0.15) is 0 Å². The molecule has 1 aliphatic rings. The summed E-state index contributed by atoms with van der Waals surface area (Å²) < 4.78 is 0. The lowest BCUT2D eigenvalue weighted by Gasteiger charge is -2.20. The Morgan fingerprint density at radius 3 is 2.67 bits per heavy atom. The van der Waals surface area contributed by atoms with Gasteiger partial charge in [0.2, 0.25) is 5.91 Å². The maximum absolute atomic E-state index is 12.1. The van der Waals surface area contributed by atoms with E-state index in [-0.39, 0.29) is 12.0 Å². The second-order valence-electron chi connectivity index (χ2n) is 6.39. The van der Waals surface area contributed by atoms with Gasteiger partial charge < -0.3 is 10.4 Å². The summed E-state index contributed by atoms with van der Waals surface area (Å²) in [5.74, 6) is 0.779. The average Bonchev–Trinajstić information content (AvgIpc) is 3.22. The van der Waals surface area contributed by atoms with Crippen LogP contribution < -0.4 is 5.32 Å². The lowest BCUT2D eigenvalue weighted by atomic mass is 10.0. The van der Waals surface area contributed by atoms with Crippen molar-refractivity contribution >= 4 is 11.6 Å². The summed E-state index contributed by atoms with van der Waals surface area (Å²) in [6.07, 6.45) is 1.93. The fourth-order valence-electron chi connectivity index (χ4n) is 2.56. The van der Waals surface area contributed by atoms with Gasteiger partial charge in [-0.25, -0.2) is 0 Å². The van der Waals surface area contributed by atoms with E-state index >= 15 is 0 Å². The highest BCUT2D eigenvalue weighted by molar-refractivity contribution is 5.93. The molecule has 0 spiro atoms. The van der Waals surface area contributed by atoms with Gasteiger partial charge in [-0.15, -0.1) is 0 Å². The molecule has 21 heavy (non-hydrogen) atoms. The molecule has 2 N–H and O–H groups in total. The van der Waals surface area contributed by atoms with E-state index in [0.29, 0.717) is 24.9 Å². The molecule has 0 heterocycles. The van der Waals surface area contributed by atoms with E-state index in [1.807, 2.05) is 36.2 Å². The van der Waals surface area contributed by atoms with E-state index in [2.05, 4.69) is 19.2 Å². The molecule has 1 saturated carbocycles. The first kappa shape index (κ1) is 16.0. The van der Waals surface area contributed by atoms with E-state index < -0.39 is 0 Å². The molecule has 1 amide bonds. The number of aliphatic hydroxyl groups is 1. The Hall–Kier alpha value is -1.39. The third-order valence-electron chi connectivity index (χ3n) is 3.94. The Labute approximate surface area is 127 Å². The van der Waals surface area contributed by atoms with Crippen molar-refractivity contribution in [2.75, 3.05) is 25.5 Å². The third-order valence-corrected chi connectivity index (χ3v) is 3.94. The van der Waals surface area contributed by atoms with Crippen LogP contribution in [-0.4, -0.2) is 42.2 Å². The Kier molecular flexibility index (Phi) is 5.37. The molecule has 116 valence electrons. The Morgan fingerprint density at radius 2 is 2.05 bits per heavy atom. The fourth-order valence-corrected chi connectivity index (χ4v) is 2.56. The number of amides is 1. The van der Waals surface area contributed by atoms with Crippen LogP contribution in [0.4, 0.5) is 5.69 Å². The smallest absolute Gasteiger partial charge is 0.238 e. The van der Waals surface area contributed by atoms with Crippen LogP contribution in [0, 0.1) is 5.92 Å². The second kappa shape index (κ2) is 7.05. The van der Waals surface area contributed by atoms with Crippen LogP contribution in [0.25, 0.3) is 0 Å². The minimum Gasteiger partial charge on any atom is -0.392 e. The number of benzene rings is 1. The SMILES string of the molecule is CC(C)c1ccccc1NC(=O)CN(C)CC(O)C1CC1. The molecule has 0 bridgehead atoms. The molecule has 0 saturated heterocycles. The molecule has 0 radical (unpaired) electrons. The van der Waals surface area contributed by atoms with E-state index in [0.717, 1.165) is 24.1 Å². The predicted molar refractivity (Wildman–Crippen MR) is 85.4 cm³/mol. The number of hydrogen-bond acceptors (Lipinski definition) is 3. The van der Waals surface area contributed by atoms with Crippen LogP contribution in [0.3, 0.4) is 0 Å². The second-order valence-corrected chi connectivity index (χ2v) is 6.39. The quantitative estimate of drug-likeness (QED) is 0.811. The number of likely N-dealkylation sites (N-methyl/N-ethyl adjacent to an activating group) is 1. The Bertz CT molecular complexity index is 483. The number of carbonyl (C=O) groups excluding carboxylic acids is 1. The lowest BCUT2D eigenvalue weighted by Crippen LogP contribution is -2.36. The summed E-state index contributed by atoms with van der Waals surface area (Å²) in [6.45, 7) is 5.09. The van der Waals surface area contributed by atoms with Crippen molar-refractivity contribution in [1.82, 2.24) is 4.90 Å². The number of rotatable bonds is 7. The first-order valence-corrected chi connectivity index (χ1v) is 7.72. The van der Waals surface area contributed by atoms with Gasteiger partial charge in [0.25, 0.3) is 0 Å². The van der Waals surface area contributed by atoms with Crippen LogP contribution >= 0.6 is 0 Å². The zero-order chi connectivity index (χ0) is 15.4. The first-order valence-electron chi connectivity index (χ1n) is 7.72. The molecule has 1 aromatic carbocycles. The number of aliphatic hydroxyl groups excluding tert-OH is 1. The van der Waals surface area contributed by atoms with Crippen molar-refractivity contribution in [3.8, 4) is 0 Å². The molecule has 0 aromatic heterocycles. The number of nitrogens with zero attached hydrogens (tertiary/aromatic N) is 1. The fraction of sp³-hybridized carbons (Fsp3) is 0.588. The Morgan fingerprint density at radius 1 is 1.38 bits per heavy atom. The highest BCUT2D eigenvalue weighted by Gasteiger charge is 2.30. The van der Waals surface area contributed by atoms with Crippen molar-refractivity contribution in [2.24, 2.45) is 5.92 Å². The van der Waals surface area contributed by atoms with Crippen LogP contribution in [0.15, 0.2) is 24.3 Å². The Balaban J connectivity index is 1.86. The van der Waals surface area contributed by atoms with Crippen LogP contribution in [0.1, 0.15) is 38.2 Å². The number of nitrogens with one attached hydrogen (secondary N) is 1. The zero-order valence-electron chi connectivity index (χ0n) is 13.2. The van der Waals surface area contributed by atoms with Crippen molar-refractivity contribution in [2.45, 2.75) is 38.7 Å². The maximum Gasteiger partial charge on any atom is 0.238 e. The van der Waals surface area contributed by atoms with Gasteiger partial charge in [-0.05, 0) is 43.4 Å². The number of hydrogen-bond donors (Lipinski definition) is 2. The van der Waals surface area contributed by atoms with Gasteiger partial charge in [0.15, 0.2) is 0 Å². The first-order chi connectivity index (χ1) is 9.97. The lowest BCUT2D eigenvalue weighted by molar-refractivity contribution is -0.117. The highest BCUT2D eigenvalue weighted by Crippen LogP contribution is 2.32. The van der Waals surface area contributed by atoms with Gasteiger partial charge in [-0.3, -0.25) is 9.69 Å². The van der Waals surface area contributed by atoms with Crippen molar-refractivity contribution in [3.63, 3.8) is 0 Å². The molecule has 1 fully saturated rings. The van der Waals surface area contributed by atoms with Crippen molar-refractivity contribution < 1.29 is 9.90 Å². The molecule has 1 aromatic rings. The summed E-state index contributed by atoms with van der Waals surface area (Å²) >= 11 is 0. The molecule has 4 nitrogen and oxygen atoms in total. The third kappa shape index (κ3) is 4.83. The summed E-state index contributed by atoms with van der Waals surface area (Å²) in [5, 5.41) is 12.9. The van der Waals surface area contributed by atoms with Crippen LogP contribution in [0.5, 0.6) is 0 Å². The van der Waals surface area contributed by atoms with E-state index in [1.165, 1.54) is 0 Å². The van der Waals surface area contributed by atoms with Crippen molar-refractivity contribution in [1.29, 1.82) is 0 Å². The summed E-state index contributed by atoms with van der Waals surface area (Å²) in [6, 6.07) is 7.90.